The van der Waals surface area contributed by atoms with Crippen molar-refractivity contribution < 1.29 is 14.6 Å². The number of carbonyl (C=O) groups excluding carboxylic acids is 1. The molecule has 0 spiro atoms. The minimum absolute atomic E-state index is 0.103. The highest BCUT2D eigenvalue weighted by Gasteiger charge is 2.29. The second kappa shape index (κ2) is 12.5. The number of anilines is 2. The van der Waals surface area contributed by atoms with Gasteiger partial charge >= 0.3 is 0 Å². The van der Waals surface area contributed by atoms with Gasteiger partial charge in [-0.15, -0.1) is 0 Å². The van der Waals surface area contributed by atoms with Crippen LogP contribution in [0.25, 0.3) is 0 Å². The molecule has 1 aliphatic rings. The highest BCUT2D eigenvalue weighted by Crippen LogP contribution is 2.50. The van der Waals surface area contributed by atoms with Gasteiger partial charge in [-0.05, 0) is 12.1 Å². The van der Waals surface area contributed by atoms with Gasteiger partial charge in [0.05, 0.1) is 21.2 Å². The molecule has 0 fully saturated rings. The maximum atomic E-state index is 12.0. The molecule has 0 N–H and O–H groups in total. The van der Waals surface area contributed by atoms with Crippen molar-refractivity contribution in [1.82, 2.24) is 0 Å². The number of carbonyl (C=O) groups is 1. The zero-order valence-electron chi connectivity index (χ0n) is 17.8. The van der Waals surface area contributed by atoms with Crippen molar-refractivity contribution in [2.24, 2.45) is 0 Å². The number of amides is 1. The van der Waals surface area contributed by atoms with Gasteiger partial charge in [-0.3, -0.25) is 29.9 Å². The summed E-state index contributed by atoms with van der Waals surface area (Å²) in [4.78, 5) is 35.2. The van der Waals surface area contributed by atoms with E-state index in [1.54, 1.807) is 0 Å². The average Bonchev–Trinajstić information content (AvgIpc) is 2.75. The fourth-order valence-corrected chi connectivity index (χ4v) is 3.48. The minimum atomic E-state index is -0.526. The number of hydrogen-bond acceptors (Lipinski definition) is 6. The molecular weight excluding hydrogens is 394 g/mol. The molecule has 0 atom stereocenters. The van der Waals surface area contributed by atoms with Crippen LogP contribution in [-0.4, -0.2) is 15.8 Å². The van der Waals surface area contributed by atoms with Crippen LogP contribution >= 0.6 is 11.8 Å². The first-order valence-corrected chi connectivity index (χ1v) is 10.3. The lowest BCUT2D eigenvalue weighted by Gasteiger charge is -2.29. The molecule has 2 aromatic carbocycles. The van der Waals surface area contributed by atoms with Crippen LogP contribution in [0.4, 0.5) is 22.7 Å². The Morgan fingerprint density at radius 2 is 1.14 bits per heavy atom. The monoisotopic (exact) mass is 421 g/mol. The van der Waals surface area contributed by atoms with Gasteiger partial charge in [-0.1, -0.05) is 53.3 Å². The summed E-state index contributed by atoms with van der Waals surface area (Å²) in [6.45, 7) is 13.4. The van der Waals surface area contributed by atoms with Gasteiger partial charge < -0.3 is 0 Å². The molecule has 0 unspecified atom stereocenters. The van der Waals surface area contributed by atoms with Crippen molar-refractivity contribution in [2.75, 3.05) is 4.90 Å². The van der Waals surface area contributed by atoms with Gasteiger partial charge in [0.2, 0.25) is 5.91 Å². The number of non-ortho nitro benzene ring substituents is 2. The first kappa shape index (κ1) is 26.1. The van der Waals surface area contributed by atoms with Gasteiger partial charge in [0.1, 0.15) is 0 Å². The van der Waals surface area contributed by atoms with Crippen molar-refractivity contribution in [3.05, 3.63) is 56.6 Å². The second-order valence-corrected chi connectivity index (χ2v) is 5.86. The minimum Gasteiger partial charge on any atom is -0.279 e. The molecule has 0 aliphatic carbocycles. The summed E-state index contributed by atoms with van der Waals surface area (Å²) in [6, 6.07) is 8.38. The van der Waals surface area contributed by atoms with E-state index in [0.717, 1.165) is 11.8 Å². The lowest BCUT2D eigenvalue weighted by molar-refractivity contribution is -0.385. The van der Waals surface area contributed by atoms with Crippen LogP contribution in [-0.2, 0) is 4.79 Å². The van der Waals surface area contributed by atoms with Crippen molar-refractivity contribution in [3.63, 3.8) is 0 Å². The molecule has 0 saturated carbocycles. The summed E-state index contributed by atoms with van der Waals surface area (Å²) < 4.78 is 0. The molecule has 1 aliphatic heterocycles. The van der Waals surface area contributed by atoms with Crippen LogP contribution in [0.3, 0.4) is 0 Å². The van der Waals surface area contributed by atoms with E-state index in [-0.39, 0.29) is 17.3 Å². The Morgan fingerprint density at radius 1 is 0.793 bits per heavy atom. The number of benzene rings is 2. The zero-order valence-corrected chi connectivity index (χ0v) is 18.6. The Hall–Kier alpha value is -2.94. The maximum absolute atomic E-state index is 12.0. The van der Waals surface area contributed by atoms with Crippen molar-refractivity contribution in [2.45, 2.75) is 58.3 Å². The largest absolute Gasteiger partial charge is 0.279 e. The quantitative estimate of drug-likeness (QED) is 0.393. The SMILES string of the molecule is CC.CC.CC.CC(=O)N1c2ccc([N+](=O)[O-])cc2Sc2cc([N+](=O)[O-])ccc21. The fraction of sp³-hybridized carbons (Fsp3) is 0.350. The summed E-state index contributed by atoms with van der Waals surface area (Å²) in [7, 11) is 0. The van der Waals surface area contributed by atoms with E-state index in [0.29, 0.717) is 21.2 Å². The number of nitrogens with zero attached hydrogens (tertiary/aromatic N) is 3. The number of fused-ring (bicyclic) bond motifs is 2. The summed E-state index contributed by atoms with van der Waals surface area (Å²) in [5.41, 5.74) is 0.839. The Morgan fingerprint density at radius 3 is 1.41 bits per heavy atom. The van der Waals surface area contributed by atoms with Gasteiger partial charge in [0.15, 0.2) is 0 Å². The fourth-order valence-electron chi connectivity index (χ4n) is 2.35. The van der Waals surface area contributed by atoms with E-state index in [2.05, 4.69) is 0 Å². The lowest BCUT2D eigenvalue weighted by atomic mass is 10.2. The molecule has 2 aromatic rings. The van der Waals surface area contributed by atoms with E-state index in [1.807, 2.05) is 41.5 Å². The number of rotatable bonds is 2. The van der Waals surface area contributed by atoms with Gasteiger partial charge in [0.25, 0.3) is 11.4 Å². The van der Waals surface area contributed by atoms with Gasteiger partial charge in [0, 0.05) is 41.0 Å². The predicted octanol–water partition coefficient (Wildman–Crippen LogP) is 6.73. The van der Waals surface area contributed by atoms with Crippen LogP contribution in [0, 0.1) is 20.2 Å². The summed E-state index contributed by atoms with van der Waals surface area (Å²) >= 11 is 1.16. The third kappa shape index (κ3) is 6.02. The van der Waals surface area contributed by atoms with Crippen LogP contribution in [0.2, 0.25) is 0 Å². The van der Waals surface area contributed by atoms with Crippen LogP contribution < -0.4 is 4.90 Å². The Bertz CT molecular complexity index is 808. The smallest absolute Gasteiger partial charge is 0.270 e. The van der Waals surface area contributed by atoms with Gasteiger partial charge in [-0.25, -0.2) is 0 Å². The Labute approximate surface area is 175 Å². The number of nitro benzene ring substituents is 2. The van der Waals surface area contributed by atoms with Crippen molar-refractivity contribution in [1.29, 1.82) is 0 Å². The highest BCUT2D eigenvalue weighted by molar-refractivity contribution is 7.99. The van der Waals surface area contributed by atoms with E-state index >= 15 is 0 Å². The van der Waals surface area contributed by atoms with E-state index < -0.39 is 9.85 Å². The Balaban J connectivity index is 0.00000120. The molecule has 0 saturated heterocycles. The predicted molar refractivity (Wildman–Crippen MR) is 117 cm³/mol. The molecule has 0 radical (unpaired) electrons. The number of nitro groups is 2. The molecule has 1 heterocycles. The first-order valence-electron chi connectivity index (χ1n) is 9.44. The van der Waals surface area contributed by atoms with Crippen molar-refractivity contribution >= 4 is 40.4 Å². The van der Waals surface area contributed by atoms with E-state index in [4.69, 9.17) is 0 Å². The maximum Gasteiger partial charge on any atom is 0.270 e. The molecule has 9 heteroatoms. The first-order chi connectivity index (χ1) is 13.9. The summed E-state index contributed by atoms with van der Waals surface area (Å²) in [5.74, 6) is -0.282. The molecule has 0 bridgehead atoms. The normalized spacial score (nSPS) is 10.4. The van der Waals surface area contributed by atoms with Crippen LogP contribution in [0.15, 0.2) is 46.2 Å². The summed E-state index contributed by atoms with van der Waals surface area (Å²) in [6.07, 6.45) is 0. The molecule has 29 heavy (non-hydrogen) atoms. The Kier molecular flexibility index (Phi) is 11.2. The molecule has 3 rings (SSSR count). The third-order valence-corrected chi connectivity index (χ3v) is 4.42. The zero-order chi connectivity index (χ0) is 22.7. The van der Waals surface area contributed by atoms with Crippen molar-refractivity contribution in [3.8, 4) is 0 Å². The molecule has 0 aromatic heterocycles. The summed E-state index contributed by atoms with van der Waals surface area (Å²) in [5, 5.41) is 21.8. The van der Waals surface area contributed by atoms with E-state index in [1.165, 1.54) is 48.2 Å². The molecular formula is C20H27N3O5S. The molecule has 158 valence electrons. The average molecular weight is 422 g/mol. The second-order valence-electron chi connectivity index (χ2n) is 4.77. The third-order valence-electron chi connectivity index (χ3n) is 3.33. The topological polar surface area (TPSA) is 107 Å². The molecule has 8 nitrogen and oxygen atoms in total. The van der Waals surface area contributed by atoms with Gasteiger partial charge in [-0.2, -0.15) is 0 Å². The highest BCUT2D eigenvalue weighted by atomic mass is 32.2. The van der Waals surface area contributed by atoms with Crippen LogP contribution in [0.1, 0.15) is 48.5 Å². The van der Waals surface area contributed by atoms with Crippen LogP contribution in [0.5, 0.6) is 0 Å². The number of hydrogen-bond donors (Lipinski definition) is 0. The lowest BCUT2D eigenvalue weighted by Crippen LogP contribution is -2.25. The standard InChI is InChI=1S/C14H9N3O5S.3C2H6/c1-8(18)15-11-4-2-9(16(19)20)6-13(11)23-14-7-10(17(21)22)3-5-12(14)15;3*1-2/h2-7H,1H3;3*1-2H3. The van der Waals surface area contributed by atoms with E-state index in [9.17, 15) is 25.0 Å². The molecule has 1 amide bonds.